The minimum Gasteiger partial charge on any atom is -0.358 e. The SMILES string of the molecule is CCc1ccc(S(=O)(=O)N2CCC(Cc3c(C)[nH]c4ccccc34)CC2)cc1. The van der Waals surface area contributed by atoms with Gasteiger partial charge in [0.25, 0.3) is 0 Å². The Labute approximate surface area is 167 Å². The molecule has 0 radical (unpaired) electrons. The molecule has 4 nitrogen and oxygen atoms in total. The molecule has 0 bridgehead atoms. The number of fused-ring (bicyclic) bond motifs is 1. The van der Waals surface area contributed by atoms with Crippen molar-refractivity contribution < 1.29 is 8.42 Å². The zero-order valence-corrected chi connectivity index (χ0v) is 17.4. The largest absolute Gasteiger partial charge is 0.358 e. The second-order valence-electron chi connectivity index (χ2n) is 7.82. The van der Waals surface area contributed by atoms with Crippen molar-refractivity contribution in [3.05, 3.63) is 65.4 Å². The minimum absolute atomic E-state index is 0.413. The molecule has 2 aromatic carbocycles. The van der Waals surface area contributed by atoms with Crippen LogP contribution in [0.4, 0.5) is 0 Å². The molecule has 0 saturated carbocycles. The number of para-hydroxylation sites is 1. The maximum atomic E-state index is 13.0. The second kappa shape index (κ2) is 7.72. The number of hydrogen-bond acceptors (Lipinski definition) is 2. The van der Waals surface area contributed by atoms with Gasteiger partial charge in [-0.1, -0.05) is 37.3 Å². The van der Waals surface area contributed by atoms with Crippen LogP contribution in [0, 0.1) is 12.8 Å². The van der Waals surface area contributed by atoms with Crippen molar-refractivity contribution in [1.29, 1.82) is 0 Å². The van der Waals surface area contributed by atoms with Gasteiger partial charge in [0.1, 0.15) is 0 Å². The van der Waals surface area contributed by atoms with Gasteiger partial charge in [-0.15, -0.1) is 0 Å². The lowest BCUT2D eigenvalue weighted by Gasteiger charge is -2.31. The first-order valence-electron chi connectivity index (χ1n) is 10.1. The summed E-state index contributed by atoms with van der Waals surface area (Å²) in [6.07, 6.45) is 3.74. The van der Waals surface area contributed by atoms with E-state index in [1.54, 1.807) is 16.4 Å². The Morgan fingerprint density at radius 3 is 2.39 bits per heavy atom. The van der Waals surface area contributed by atoms with Crippen LogP contribution in [0.5, 0.6) is 0 Å². The molecule has 4 rings (SSSR count). The molecule has 5 heteroatoms. The molecule has 0 aliphatic carbocycles. The van der Waals surface area contributed by atoms with E-state index < -0.39 is 10.0 Å². The highest BCUT2D eigenvalue weighted by Gasteiger charge is 2.30. The lowest BCUT2D eigenvalue weighted by atomic mass is 9.90. The van der Waals surface area contributed by atoms with Crippen LogP contribution in [0.3, 0.4) is 0 Å². The number of nitrogens with one attached hydrogen (secondary N) is 1. The number of H-pyrrole nitrogens is 1. The number of rotatable bonds is 5. The van der Waals surface area contributed by atoms with E-state index >= 15 is 0 Å². The summed E-state index contributed by atoms with van der Waals surface area (Å²) in [4.78, 5) is 3.89. The van der Waals surface area contributed by atoms with Crippen LogP contribution in [0.15, 0.2) is 53.4 Å². The lowest BCUT2D eigenvalue weighted by Crippen LogP contribution is -2.38. The third kappa shape index (κ3) is 3.61. The molecule has 3 aromatic rings. The first-order valence-corrected chi connectivity index (χ1v) is 11.6. The van der Waals surface area contributed by atoms with Gasteiger partial charge in [-0.3, -0.25) is 0 Å². The highest BCUT2D eigenvalue weighted by Crippen LogP contribution is 2.30. The Morgan fingerprint density at radius 1 is 1.04 bits per heavy atom. The monoisotopic (exact) mass is 396 g/mol. The molecular formula is C23H28N2O2S. The summed E-state index contributed by atoms with van der Waals surface area (Å²) in [5.41, 5.74) is 4.96. The normalized spacial score (nSPS) is 16.6. The summed E-state index contributed by atoms with van der Waals surface area (Å²) in [7, 11) is -3.39. The maximum absolute atomic E-state index is 13.0. The lowest BCUT2D eigenvalue weighted by molar-refractivity contribution is 0.273. The van der Waals surface area contributed by atoms with E-state index in [0.29, 0.717) is 23.9 Å². The average Bonchev–Trinajstić information content (AvgIpc) is 3.04. The van der Waals surface area contributed by atoms with E-state index in [4.69, 9.17) is 0 Å². The van der Waals surface area contributed by atoms with E-state index in [9.17, 15) is 8.42 Å². The Bertz CT molecular complexity index is 1060. The fourth-order valence-electron chi connectivity index (χ4n) is 4.29. The van der Waals surface area contributed by atoms with Crippen molar-refractivity contribution in [2.24, 2.45) is 5.92 Å². The maximum Gasteiger partial charge on any atom is 0.243 e. The van der Waals surface area contributed by atoms with Crippen LogP contribution in [0.2, 0.25) is 0 Å². The molecule has 0 spiro atoms. The van der Waals surface area contributed by atoms with E-state index in [1.165, 1.54) is 22.2 Å². The third-order valence-electron chi connectivity index (χ3n) is 6.06. The number of nitrogens with zero attached hydrogens (tertiary/aromatic N) is 1. The second-order valence-corrected chi connectivity index (χ2v) is 9.76. The van der Waals surface area contributed by atoms with E-state index in [0.717, 1.165) is 31.2 Å². The summed E-state index contributed by atoms with van der Waals surface area (Å²) in [6.45, 7) is 5.41. The molecule has 2 heterocycles. The van der Waals surface area contributed by atoms with Gasteiger partial charge in [-0.25, -0.2) is 8.42 Å². The zero-order chi connectivity index (χ0) is 19.7. The van der Waals surface area contributed by atoms with Gasteiger partial charge in [-0.2, -0.15) is 4.31 Å². The van der Waals surface area contributed by atoms with Crippen molar-refractivity contribution in [3.8, 4) is 0 Å². The molecule has 1 aliphatic rings. The van der Waals surface area contributed by atoms with Gasteiger partial charge < -0.3 is 4.98 Å². The Balaban J connectivity index is 1.44. The van der Waals surface area contributed by atoms with Gasteiger partial charge >= 0.3 is 0 Å². The molecule has 0 unspecified atom stereocenters. The summed E-state index contributed by atoms with van der Waals surface area (Å²) in [5, 5.41) is 1.30. The highest BCUT2D eigenvalue weighted by atomic mass is 32.2. The van der Waals surface area contributed by atoms with Crippen molar-refractivity contribution in [1.82, 2.24) is 9.29 Å². The molecule has 1 fully saturated rings. The highest BCUT2D eigenvalue weighted by molar-refractivity contribution is 7.89. The quantitative estimate of drug-likeness (QED) is 0.681. The number of piperidine rings is 1. The predicted octanol–water partition coefficient (Wildman–Crippen LogP) is 4.68. The van der Waals surface area contributed by atoms with Crippen molar-refractivity contribution in [2.75, 3.05) is 13.1 Å². The van der Waals surface area contributed by atoms with Crippen LogP contribution < -0.4 is 0 Å². The Kier molecular flexibility index (Phi) is 5.30. The number of hydrogen-bond donors (Lipinski definition) is 1. The zero-order valence-electron chi connectivity index (χ0n) is 16.6. The van der Waals surface area contributed by atoms with Crippen LogP contribution in [-0.2, 0) is 22.9 Å². The van der Waals surface area contributed by atoms with Crippen LogP contribution in [0.25, 0.3) is 10.9 Å². The third-order valence-corrected chi connectivity index (χ3v) is 7.98. The van der Waals surface area contributed by atoms with E-state index in [2.05, 4.69) is 43.1 Å². The molecular weight excluding hydrogens is 368 g/mol. The van der Waals surface area contributed by atoms with Crippen molar-refractivity contribution in [2.45, 2.75) is 44.4 Å². The fourth-order valence-corrected chi connectivity index (χ4v) is 5.76. The Morgan fingerprint density at radius 2 is 1.71 bits per heavy atom. The van der Waals surface area contributed by atoms with Gasteiger partial charge in [0, 0.05) is 29.7 Å². The molecule has 28 heavy (non-hydrogen) atoms. The summed E-state index contributed by atoms with van der Waals surface area (Å²) in [5.74, 6) is 0.520. The van der Waals surface area contributed by atoms with Gasteiger partial charge in [-0.05, 0) is 67.9 Å². The molecule has 1 aromatic heterocycles. The number of aromatic nitrogens is 1. The Hall–Kier alpha value is -2.11. The standard InChI is InChI=1S/C23H28N2O2S/c1-3-18-8-10-20(11-9-18)28(26,27)25-14-12-19(13-15-25)16-22-17(2)24-23-7-5-4-6-21(22)23/h4-11,19,24H,3,12-16H2,1-2H3. The van der Waals surface area contributed by atoms with Gasteiger partial charge in [0.15, 0.2) is 0 Å². The average molecular weight is 397 g/mol. The number of aryl methyl sites for hydroxylation is 2. The van der Waals surface area contributed by atoms with Gasteiger partial charge in [0.2, 0.25) is 10.0 Å². The molecule has 1 aliphatic heterocycles. The topological polar surface area (TPSA) is 53.2 Å². The first-order chi connectivity index (χ1) is 13.5. The smallest absolute Gasteiger partial charge is 0.243 e. The molecule has 148 valence electrons. The summed E-state index contributed by atoms with van der Waals surface area (Å²) >= 11 is 0. The molecule has 0 amide bonds. The van der Waals surface area contributed by atoms with Crippen LogP contribution >= 0.6 is 0 Å². The summed E-state index contributed by atoms with van der Waals surface area (Å²) in [6, 6.07) is 15.7. The number of benzene rings is 2. The number of aromatic amines is 1. The summed E-state index contributed by atoms with van der Waals surface area (Å²) < 4.78 is 27.6. The molecule has 1 saturated heterocycles. The molecule has 1 N–H and O–H groups in total. The van der Waals surface area contributed by atoms with Crippen molar-refractivity contribution in [3.63, 3.8) is 0 Å². The van der Waals surface area contributed by atoms with Crippen molar-refractivity contribution >= 4 is 20.9 Å². The fraction of sp³-hybridized carbons (Fsp3) is 0.391. The minimum atomic E-state index is -3.39. The van der Waals surface area contributed by atoms with Crippen LogP contribution in [-0.4, -0.2) is 30.8 Å². The van der Waals surface area contributed by atoms with E-state index in [-0.39, 0.29) is 0 Å². The molecule has 0 atom stereocenters. The number of sulfonamides is 1. The first kappa shape index (κ1) is 19.2. The predicted molar refractivity (Wildman–Crippen MR) is 114 cm³/mol. The van der Waals surface area contributed by atoms with Crippen LogP contribution in [0.1, 0.15) is 36.6 Å². The van der Waals surface area contributed by atoms with Gasteiger partial charge in [0.05, 0.1) is 4.90 Å². The van der Waals surface area contributed by atoms with E-state index in [1.807, 2.05) is 12.1 Å².